The fraction of sp³-hybridized carbons (Fsp3) is 0.778. The molecule has 0 aromatic carbocycles. The molecule has 0 aromatic heterocycles. The van der Waals surface area contributed by atoms with Crippen LogP contribution in [-0.4, -0.2) is 24.2 Å². The quantitative estimate of drug-likeness (QED) is 0.372. The summed E-state index contributed by atoms with van der Waals surface area (Å²) in [6.45, 7) is 4.03. The molecule has 0 fully saturated rings. The molecule has 0 aromatic rings. The first-order valence-electron chi connectivity index (χ1n) is 4.42. The molecule has 1 aliphatic carbocycles. The third kappa shape index (κ3) is 1.88. The Morgan fingerprint density at radius 1 is 1.38 bits per heavy atom. The molecule has 13 heavy (non-hydrogen) atoms. The van der Waals surface area contributed by atoms with Crippen LogP contribution in [0.1, 0.15) is 13.8 Å². The predicted molar refractivity (Wildman–Crippen MR) is 49.0 cm³/mol. The third-order valence-electron chi connectivity index (χ3n) is 2.81. The van der Waals surface area contributed by atoms with Crippen LogP contribution in [0.3, 0.4) is 0 Å². The summed E-state index contributed by atoms with van der Waals surface area (Å²) in [4.78, 5) is 10.4. The molecule has 0 amide bonds. The van der Waals surface area contributed by atoms with Gasteiger partial charge in [0, 0.05) is 12.0 Å². The van der Waals surface area contributed by atoms with E-state index in [0.717, 1.165) is 0 Å². The molecule has 0 bridgehead atoms. The highest BCUT2D eigenvalue weighted by Gasteiger charge is 2.38. The molecular weight excluding hydrogens is 170 g/mol. The first-order valence-corrected chi connectivity index (χ1v) is 4.42. The van der Waals surface area contributed by atoms with Gasteiger partial charge in [0.2, 0.25) is 0 Å². The van der Waals surface area contributed by atoms with Gasteiger partial charge in [-0.2, -0.15) is 0 Å². The predicted octanol–water partition coefficient (Wildman–Crippen LogP) is 1.49. The Morgan fingerprint density at radius 2 is 2.00 bits per heavy atom. The van der Waals surface area contributed by atoms with E-state index in [1.165, 1.54) is 7.11 Å². The summed E-state index contributed by atoms with van der Waals surface area (Å²) in [6, 6.07) is -0.684. The molecule has 4 heteroatoms. The molecule has 1 aliphatic rings. The summed E-state index contributed by atoms with van der Waals surface area (Å²) < 4.78 is 5.15. The maximum atomic E-state index is 10.7. The second-order valence-electron chi connectivity index (χ2n) is 3.58. The molecule has 0 radical (unpaired) electrons. The van der Waals surface area contributed by atoms with Crippen molar-refractivity contribution in [1.29, 1.82) is 0 Å². The van der Waals surface area contributed by atoms with E-state index in [9.17, 15) is 10.1 Å². The fourth-order valence-electron chi connectivity index (χ4n) is 1.73. The van der Waals surface area contributed by atoms with E-state index in [4.69, 9.17) is 4.74 Å². The van der Waals surface area contributed by atoms with Crippen LogP contribution in [0.4, 0.5) is 0 Å². The number of nitro groups is 1. The zero-order valence-electron chi connectivity index (χ0n) is 8.14. The molecule has 0 saturated carbocycles. The van der Waals surface area contributed by atoms with Crippen molar-refractivity contribution in [3.63, 3.8) is 0 Å². The van der Waals surface area contributed by atoms with Crippen LogP contribution in [0.25, 0.3) is 0 Å². The standard InChI is InChI=1S/C9H15NO3/c1-6-4-5-8(10(11)12)9(13-3)7(6)2/h4-9H,1-3H3/t6?,7-,8?,9+/m1/s1. The van der Waals surface area contributed by atoms with Crippen LogP contribution >= 0.6 is 0 Å². The van der Waals surface area contributed by atoms with Crippen molar-refractivity contribution in [2.24, 2.45) is 11.8 Å². The lowest BCUT2D eigenvalue weighted by atomic mass is 9.82. The minimum Gasteiger partial charge on any atom is -0.374 e. The van der Waals surface area contributed by atoms with Crippen LogP contribution in [-0.2, 0) is 4.74 Å². The topological polar surface area (TPSA) is 52.4 Å². The Labute approximate surface area is 77.7 Å². The Hall–Kier alpha value is -0.900. The normalized spacial score (nSPS) is 39.0. The molecule has 74 valence electrons. The highest BCUT2D eigenvalue weighted by Crippen LogP contribution is 2.27. The number of methoxy groups -OCH3 is 1. The van der Waals surface area contributed by atoms with Gasteiger partial charge >= 0.3 is 0 Å². The highest BCUT2D eigenvalue weighted by atomic mass is 16.6. The van der Waals surface area contributed by atoms with Crippen LogP contribution in [0, 0.1) is 22.0 Å². The summed E-state index contributed by atoms with van der Waals surface area (Å²) in [5.41, 5.74) is 0. The van der Waals surface area contributed by atoms with Crippen LogP contribution < -0.4 is 0 Å². The van der Waals surface area contributed by atoms with Crippen LogP contribution in [0.15, 0.2) is 12.2 Å². The summed E-state index contributed by atoms with van der Waals surface area (Å²) in [6.07, 6.45) is 3.24. The smallest absolute Gasteiger partial charge is 0.257 e. The molecule has 0 heterocycles. The van der Waals surface area contributed by atoms with Gasteiger partial charge in [0.15, 0.2) is 0 Å². The lowest BCUT2D eigenvalue weighted by Crippen LogP contribution is -2.42. The molecule has 4 atom stereocenters. The SMILES string of the molecule is CO[C@@H]1C([N+](=O)[O-])C=CC(C)[C@H]1C. The molecular formula is C9H15NO3. The first-order chi connectivity index (χ1) is 6.07. The molecule has 2 unspecified atom stereocenters. The summed E-state index contributed by atoms with van der Waals surface area (Å²) in [5.74, 6) is 0.548. The number of rotatable bonds is 2. The van der Waals surface area contributed by atoms with E-state index in [-0.39, 0.29) is 16.9 Å². The minimum atomic E-state index is -0.684. The Kier molecular flexibility index (Phi) is 3.03. The van der Waals surface area contributed by atoms with Crippen molar-refractivity contribution < 1.29 is 9.66 Å². The van der Waals surface area contributed by atoms with E-state index in [1.54, 1.807) is 6.08 Å². The lowest BCUT2D eigenvalue weighted by Gasteiger charge is -2.30. The monoisotopic (exact) mass is 185 g/mol. The maximum absolute atomic E-state index is 10.7. The van der Waals surface area contributed by atoms with Crippen molar-refractivity contribution in [2.75, 3.05) is 7.11 Å². The summed E-state index contributed by atoms with van der Waals surface area (Å²) in [7, 11) is 1.53. The Balaban J connectivity index is 2.85. The van der Waals surface area contributed by atoms with Gasteiger partial charge in [-0.05, 0) is 17.9 Å². The van der Waals surface area contributed by atoms with E-state index in [2.05, 4.69) is 0 Å². The van der Waals surface area contributed by atoms with Gasteiger partial charge in [-0.15, -0.1) is 0 Å². The van der Waals surface area contributed by atoms with Crippen molar-refractivity contribution in [3.8, 4) is 0 Å². The maximum Gasteiger partial charge on any atom is 0.257 e. The Bertz CT molecular complexity index is 227. The Morgan fingerprint density at radius 3 is 2.46 bits per heavy atom. The van der Waals surface area contributed by atoms with E-state index >= 15 is 0 Å². The van der Waals surface area contributed by atoms with Crippen LogP contribution in [0.2, 0.25) is 0 Å². The van der Waals surface area contributed by atoms with Crippen LogP contribution in [0.5, 0.6) is 0 Å². The van der Waals surface area contributed by atoms with Gasteiger partial charge in [-0.25, -0.2) is 0 Å². The van der Waals surface area contributed by atoms with Gasteiger partial charge < -0.3 is 4.74 Å². The number of nitrogens with zero attached hydrogens (tertiary/aromatic N) is 1. The fourth-order valence-corrected chi connectivity index (χ4v) is 1.73. The zero-order chi connectivity index (χ0) is 10.0. The largest absolute Gasteiger partial charge is 0.374 e. The highest BCUT2D eigenvalue weighted by molar-refractivity contribution is 5.04. The van der Waals surface area contributed by atoms with Gasteiger partial charge in [0.05, 0.1) is 0 Å². The van der Waals surface area contributed by atoms with E-state index in [0.29, 0.717) is 5.92 Å². The van der Waals surface area contributed by atoms with E-state index in [1.807, 2.05) is 19.9 Å². The third-order valence-corrected chi connectivity index (χ3v) is 2.81. The molecule has 4 nitrogen and oxygen atoms in total. The second kappa shape index (κ2) is 3.87. The van der Waals surface area contributed by atoms with Crippen molar-refractivity contribution >= 4 is 0 Å². The number of ether oxygens (including phenoxy) is 1. The van der Waals surface area contributed by atoms with E-state index < -0.39 is 6.04 Å². The number of allylic oxidation sites excluding steroid dienone is 1. The average molecular weight is 185 g/mol. The van der Waals surface area contributed by atoms with Crippen molar-refractivity contribution in [1.82, 2.24) is 0 Å². The van der Waals surface area contributed by atoms with Crippen molar-refractivity contribution in [3.05, 3.63) is 22.3 Å². The molecule has 0 aliphatic heterocycles. The summed E-state index contributed by atoms with van der Waals surface area (Å²) >= 11 is 0. The molecule has 0 spiro atoms. The average Bonchev–Trinajstić information content (AvgIpc) is 2.09. The van der Waals surface area contributed by atoms with Gasteiger partial charge in [-0.1, -0.05) is 19.9 Å². The molecule has 0 saturated heterocycles. The second-order valence-corrected chi connectivity index (χ2v) is 3.58. The minimum absolute atomic E-state index is 0.199. The number of hydrogen-bond donors (Lipinski definition) is 0. The van der Waals surface area contributed by atoms with Gasteiger partial charge in [0.25, 0.3) is 6.04 Å². The first kappa shape index (κ1) is 10.2. The molecule has 0 N–H and O–H groups in total. The van der Waals surface area contributed by atoms with Gasteiger partial charge in [0.1, 0.15) is 6.10 Å². The number of hydrogen-bond acceptors (Lipinski definition) is 3. The summed E-state index contributed by atoms with van der Waals surface area (Å²) in [5, 5.41) is 10.7. The molecule has 1 rings (SSSR count). The lowest BCUT2D eigenvalue weighted by molar-refractivity contribution is -0.524. The van der Waals surface area contributed by atoms with Crippen molar-refractivity contribution in [2.45, 2.75) is 26.0 Å². The zero-order valence-corrected chi connectivity index (χ0v) is 8.14. The van der Waals surface area contributed by atoms with Gasteiger partial charge in [-0.3, -0.25) is 10.1 Å².